The van der Waals surface area contributed by atoms with Crippen LogP contribution in [0.25, 0.3) is 0 Å². The molecule has 0 aromatic rings. The van der Waals surface area contributed by atoms with E-state index in [-0.39, 0.29) is 24.0 Å². The minimum absolute atomic E-state index is 0.0837. The van der Waals surface area contributed by atoms with Gasteiger partial charge in [-0.05, 0) is 39.8 Å². The molecular weight excluding hydrogens is 260 g/mol. The fourth-order valence-electron chi connectivity index (χ4n) is 3.01. The molecular formula is C14H24N2O4. The van der Waals surface area contributed by atoms with E-state index in [9.17, 15) is 9.59 Å². The summed E-state index contributed by atoms with van der Waals surface area (Å²) in [5, 5.41) is 8.96. The molecule has 2 rings (SSSR count). The van der Waals surface area contributed by atoms with E-state index in [1.807, 2.05) is 18.7 Å². The maximum Gasteiger partial charge on any atom is 0.306 e. The van der Waals surface area contributed by atoms with E-state index in [0.717, 1.165) is 0 Å². The lowest BCUT2D eigenvalue weighted by atomic mass is 9.97. The second kappa shape index (κ2) is 6.54. The summed E-state index contributed by atoms with van der Waals surface area (Å²) in [5.41, 5.74) is 0. The third kappa shape index (κ3) is 3.93. The summed E-state index contributed by atoms with van der Waals surface area (Å²) in [7, 11) is 0. The predicted octanol–water partition coefficient (Wildman–Crippen LogP) is 0.419. The number of piperidine rings is 1. The van der Waals surface area contributed by atoms with Crippen molar-refractivity contribution in [1.82, 2.24) is 9.80 Å². The highest BCUT2D eigenvalue weighted by atomic mass is 16.5. The van der Waals surface area contributed by atoms with Gasteiger partial charge in [0, 0.05) is 13.1 Å². The molecule has 1 amide bonds. The maximum atomic E-state index is 12.3. The number of carbonyl (C=O) groups is 2. The lowest BCUT2D eigenvalue weighted by molar-refractivity contribution is -0.145. The number of carboxylic acids is 1. The van der Waals surface area contributed by atoms with Crippen molar-refractivity contribution in [3.8, 4) is 0 Å². The summed E-state index contributed by atoms with van der Waals surface area (Å²) in [4.78, 5) is 27.1. The molecule has 1 N–H and O–H groups in total. The Labute approximate surface area is 119 Å². The largest absolute Gasteiger partial charge is 0.481 e. The molecule has 6 nitrogen and oxygen atoms in total. The summed E-state index contributed by atoms with van der Waals surface area (Å²) < 4.78 is 5.62. The molecule has 0 aromatic carbocycles. The first kappa shape index (κ1) is 15.3. The summed E-state index contributed by atoms with van der Waals surface area (Å²) in [6.45, 7) is 7.04. The molecule has 0 radical (unpaired) electrons. The fourth-order valence-corrected chi connectivity index (χ4v) is 3.01. The lowest BCUT2D eigenvalue weighted by Gasteiger charge is -2.37. The van der Waals surface area contributed by atoms with Crippen LogP contribution in [0, 0.1) is 5.92 Å². The lowest BCUT2D eigenvalue weighted by Crippen LogP contribution is -2.51. The van der Waals surface area contributed by atoms with Gasteiger partial charge in [-0.3, -0.25) is 14.5 Å². The minimum Gasteiger partial charge on any atom is -0.481 e. The van der Waals surface area contributed by atoms with Crippen molar-refractivity contribution in [3.63, 3.8) is 0 Å². The Morgan fingerprint density at radius 1 is 1.15 bits per heavy atom. The summed E-state index contributed by atoms with van der Waals surface area (Å²) >= 11 is 0. The number of nitrogens with zero attached hydrogens (tertiary/aromatic N) is 2. The standard InChI is InChI=1S/C14H24N2O4/c1-10-7-16(8-11(2)20-10)13(17)9-15-5-3-12(4-6-15)14(18)19/h10-12H,3-9H2,1-2H3,(H,18,19). The second-order valence-electron chi connectivity index (χ2n) is 5.94. The number of morpholine rings is 1. The SMILES string of the molecule is CC1CN(C(=O)CN2CCC(C(=O)O)CC2)CC(C)O1. The quantitative estimate of drug-likeness (QED) is 0.813. The predicted molar refractivity (Wildman–Crippen MR) is 73.4 cm³/mol. The van der Waals surface area contributed by atoms with Crippen LogP contribution in [-0.2, 0) is 14.3 Å². The first-order valence-electron chi connectivity index (χ1n) is 7.34. The number of hydrogen-bond donors (Lipinski definition) is 1. The molecule has 0 bridgehead atoms. The van der Waals surface area contributed by atoms with Crippen LogP contribution < -0.4 is 0 Å². The Morgan fingerprint density at radius 2 is 1.70 bits per heavy atom. The van der Waals surface area contributed by atoms with Crippen LogP contribution in [0.5, 0.6) is 0 Å². The van der Waals surface area contributed by atoms with E-state index in [2.05, 4.69) is 4.90 Å². The number of likely N-dealkylation sites (tertiary alicyclic amines) is 1. The van der Waals surface area contributed by atoms with Gasteiger partial charge in [0.05, 0.1) is 24.7 Å². The van der Waals surface area contributed by atoms with E-state index in [4.69, 9.17) is 9.84 Å². The van der Waals surface area contributed by atoms with Gasteiger partial charge in [0.2, 0.25) is 5.91 Å². The van der Waals surface area contributed by atoms with Gasteiger partial charge in [-0.2, -0.15) is 0 Å². The van der Waals surface area contributed by atoms with Gasteiger partial charge in [0.15, 0.2) is 0 Å². The molecule has 0 spiro atoms. The third-order valence-electron chi connectivity index (χ3n) is 4.07. The maximum absolute atomic E-state index is 12.3. The van der Waals surface area contributed by atoms with Crippen LogP contribution in [-0.4, -0.2) is 71.7 Å². The van der Waals surface area contributed by atoms with Crippen molar-refractivity contribution in [1.29, 1.82) is 0 Å². The van der Waals surface area contributed by atoms with Gasteiger partial charge in [-0.15, -0.1) is 0 Å². The number of amides is 1. The molecule has 0 aromatic heterocycles. The number of carboxylic acid groups (broad SMARTS) is 1. The van der Waals surface area contributed by atoms with Crippen molar-refractivity contribution in [3.05, 3.63) is 0 Å². The van der Waals surface area contributed by atoms with Crippen LogP contribution in [0.1, 0.15) is 26.7 Å². The molecule has 0 saturated carbocycles. The molecule has 2 aliphatic rings. The minimum atomic E-state index is -0.716. The Morgan fingerprint density at radius 3 is 2.20 bits per heavy atom. The number of aliphatic carboxylic acids is 1. The molecule has 0 aliphatic carbocycles. The normalized spacial score (nSPS) is 29.4. The van der Waals surface area contributed by atoms with E-state index in [1.54, 1.807) is 0 Å². The van der Waals surface area contributed by atoms with Crippen molar-refractivity contribution >= 4 is 11.9 Å². The third-order valence-corrected chi connectivity index (χ3v) is 4.07. The Balaban J connectivity index is 1.79. The zero-order chi connectivity index (χ0) is 14.7. The first-order chi connectivity index (χ1) is 9.45. The number of rotatable bonds is 3. The van der Waals surface area contributed by atoms with Gasteiger partial charge in [-0.25, -0.2) is 0 Å². The average molecular weight is 284 g/mol. The van der Waals surface area contributed by atoms with Crippen LogP contribution in [0.4, 0.5) is 0 Å². The first-order valence-corrected chi connectivity index (χ1v) is 7.34. The highest BCUT2D eigenvalue weighted by molar-refractivity contribution is 5.78. The smallest absolute Gasteiger partial charge is 0.306 e. The Bertz CT molecular complexity index is 356. The molecule has 2 fully saturated rings. The molecule has 2 atom stereocenters. The van der Waals surface area contributed by atoms with Gasteiger partial charge in [0.1, 0.15) is 0 Å². The highest BCUT2D eigenvalue weighted by Crippen LogP contribution is 2.18. The topological polar surface area (TPSA) is 70.1 Å². The average Bonchev–Trinajstić information content (AvgIpc) is 2.38. The molecule has 2 aliphatic heterocycles. The van der Waals surface area contributed by atoms with Crippen LogP contribution in [0.2, 0.25) is 0 Å². The van der Waals surface area contributed by atoms with Gasteiger partial charge >= 0.3 is 5.97 Å². The number of carbonyl (C=O) groups excluding carboxylic acids is 1. The van der Waals surface area contributed by atoms with Gasteiger partial charge < -0.3 is 14.7 Å². The van der Waals surface area contributed by atoms with E-state index in [1.165, 1.54) is 0 Å². The second-order valence-corrected chi connectivity index (χ2v) is 5.94. The number of ether oxygens (including phenoxy) is 1. The van der Waals surface area contributed by atoms with Crippen molar-refractivity contribution < 1.29 is 19.4 Å². The molecule has 2 unspecified atom stereocenters. The van der Waals surface area contributed by atoms with E-state index >= 15 is 0 Å². The van der Waals surface area contributed by atoms with E-state index < -0.39 is 5.97 Å². The van der Waals surface area contributed by atoms with Gasteiger partial charge in [-0.1, -0.05) is 0 Å². The summed E-state index contributed by atoms with van der Waals surface area (Å²) in [6, 6.07) is 0. The highest BCUT2D eigenvalue weighted by Gasteiger charge is 2.29. The monoisotopic (exact) mass is 284 g/mol. The van der Waals surface area contributed by atoms with Crippen molar-refractivity contribution in [2.75, 3.05) is 32.7 Å². The molecule has 20 heavy (non-hydrogen) atoms. The van der Waals surface area contributed by atoms with Crippen molar-refractivity contribution in [2.24, 2.45) is 5.92 Å². The summed E-state index contributed by atoms with van der Waals surface area (Å²) in [5.74, 6) is -0.836. The van der Waals surface area contributed by atoms with Crippen LogP contribution >= 0.6 is 0 Å². The molecule has 2 saturated heterocycles. The van der Waals surface area contributed by atoms with E-state index in [0.29, 0.717) is 45.6 Å². The zero-order valence-corrected chi connectivity index (χ0v) is 12.2. The van der Waals surface area contributed by atoms with Crippen LogP contribution in [0.15, 0.2) is 0 Å². The van der Waals surface area contributed by atoms with Crippen molar-refractivity contribution in [2.45, 2.75) is 38.9 Å². The molecule has 6 heteroatoms. The zero-order valence-electron chi connectivity index (χ0n) is 12.2. The molecule has 2 heterocycles. The molecule has 114 valence electrons. The summed E-state index contributed by atoms with van der Waals surface area (Å²) in [6.07, 6.45) is 1.44. The fraction of sp³-hybridized carbons (Fsp3) is 0.857. The van der Waals surface area contributed by atoms with Crippen LogP contribution in [0.3, 0.4) is 0 Å². The Hall–Kier alpha value is -1.14. The Kier molecular flexibility index (Phi) is 4.99. The number of hydrogen-bond acceptors (Lipinski definition) is 4. The van der Waals surface area contributed by atoms with Gasteiger partial charge in [0.25, 0.3) is 0 Å².